The molecule has 0 amide bonds. The van der Waals surface area contributed by atoms with Crippen molar-refractivity contribution < 1.29 is 9.84 Å². The van der Waals surface area contributed by atoms with Crippen molar-refractivity contribution in [1.82, 2.24) is 14.3 Å². The van der Waals surface area contributed by atoms with E-state index in [2.05, 4.69) is 48.0 Å². The van der Waals surface area contributed by atoms with E-state index in [-0.39, 0.29) is 0 Å². The number of aliphatic hydroxyl groups is 1. The van der Waals surface area contributed by atoms with Crippen LogP contribution in [0.4, 0.5) is 5.69 Å². The van der Waals surface area contributed by atoms with Crippen LogP contribution < -0.4 is 9.64 Å². The number of hydrogen-bond donors (Lipinski definition) is 1. The first-order valence-corrected chi connectivity index (χ1v) is 10.2. The maximum Gasteiger partial charge on any atom is 0.226 e. The minimum Gasteiger partial charge on any atom is -0.460 e. The molecule has 0 radical (unpaired) electrons. The number of aromatic nitrogens is 2. The average Bonchev–Trinajstić information content (AvgIpc) is 3.16. The summed E-state index contributed by atoms with van der Waals surface area (Å²) < 4.78 is 7.87. The van der Waals surface area contributed by atoms with Crippen molar-refractivity contribution in [3.8, 4) is 5.75 Å². The van der Waals surface area contributed by atoms with Crippen LogP contribution in [0, 0.1) is 0 Å². The number of fused-ring (bicyclic) bond motifs is 2. The summed E-state index contributed by atoms with van der Waals surface area (Å²) in [5, 5.41) is 10.7. The summed E-state index contributed by atoms with van der Waals surface area (Å²) in [5.41, 5.74) is 5.65. The lowest BCUT2D eigenvalue weighted by Gasteiger charge is -2.34. The van der Waals surface area contributed by atoms with Gasteiger partial charge in [-0.2, -0.15) is 0 Å². The molecule has 6 nitrogen and oxygen atoms in total. The number of aliphatic hydroxyl groups excluding tert-OH is 1. The maximum atomic E-state index is 10.7. The fraction of sp³-hybridized carbons (Fsp3) is 0.348. The second-order valence-corrected chi connectivity index (χ2v) is 7.86. The molecule has 0 saturated carbocycles. The van der Waals surface area contributed by atoms with Gasteiger partial charge in [-0.15, -0.1) is 0 Å². The zero-order chi connectivity index (χ0) is 20.0. The van der Waals surface area contributed by atoms with E-state index in [1.54, 1.807) is 0 Å². The number of nitrogens with zero attached hydrogens (tertiary/aromatic N) is 4. The van der Waals surface area contributed by atoms with Gasteiger partial charge in [0.1, 0.15) is 11.4 Å². The highest BCUT2D eigenvalue weighted by Crippen LogP contribution is 2.36. The molecule has 4 heterocycles. The molecule has 0 spiro atoms. The first-order valence-electron chi connectivity index (χ1n) is 10.2. The van der Waals surface area contributed by atoms with Gasteiger partial charge >= 0.3 is 0 Å². The molecule has 2 aliphatic heterocycles. The summed E-state index contributed by atoms with van der Waals surface area (Å²) in [6, 6.07) is 10.4. The molecule has 2 aromatic heterocycles. The van der Waals surface area contributed by atoms with E-state index in [4.69, 9.17) is 9.72 Å². The third-order valence-electron chi connectivity index (χ3n) is 5.91. The van der Waals surface area contributed by atoms with Crippen LogP contribution >= 0.6 is 0 Å². The van der Waals surface area contributed by atoms with Gasteiger partial charge in [-0.25, -0.2) is 4.98 Å². The molecule has 1 atom stereocenters. The van der Waals surface area contributed by atoms with Crippen molar-refractivity contribution in [3.63, 3.8) is 0 Å². The summed E-state index contributed by atoms with van der Waals surface area (Å²) in [5.74, 6) is 0.717. The van der Waals surface area contributed by atoms with Gasteiger partial charge in [0.25, 0.3) is 0 Å². The highest BCUT2D eigenvalue weighted by Gasteiger charge is 2.25. The van der Waals surface area contributed by atoms with E-state index in [1.807, 2.05) is 28.9 Å². The zero-order valence-corrected chi connectivity index (χ0v) is 16.9. The fourth-order valence-electron chi connectivity index (χ4n) is 4.01. The Hall–Kier alpha value is -2.83. The minimum atomic E-state index is -1.03. The van der Waals surface area contributed by atoms with Crippen LogP contribution in [0.2, 0.25) is 0 Å². The lowest BCUT2D eigenvalue weighted by atomic mass is 10.0. The first-order chi connectivity index (χ1) is 14.1. The van der Waals surface area contributed by atoms with Crippen LogP contribution in [-0.4, -0.2) is 58.9 Å². The van der Waals surface area contributed by atoms with Crippen LogP contribution in [0.1, 0.15) is 23.7 Å². The van der Waals surface area contributed by atoms with Crippen LogP contribution in [0.5, 0.6) is 5.75 Å². The SMILES string of the molecule is CCc1ccn2cc(C3=Cc4ccc(N5CCN(C)CC5)cc4OC3O)nc2c1. The lowest BCUT2D eigenvalue weighted by Crippen LogP contribution is -2.44. The van der Waals surface area contributed by atoms with Gasteiger partial charge in [-0.1, -0.05) is 6.92 Å². The quantitative estimate of drug-likeness (QED) is 0.745. The van der Waals surface area contributed by atoms with Crippen LogP contribution in [-0.2, 0) is 6.42 Å². The third-order valence-corrected chi connectivity index (χ3v) is 5.91. The van der Waals surface area contributed by atoms with E-state index in [9.17, 15) is 5.11 Å². The van der Waals surface area contributed by atoms with Crippen molar-refractivity contribution in [2.24, 2.45) is 0 Å². The molecule has 1 unspecified atom stereocenters. The van der Waals surface area contributed by atoms with Crippen molar-refractivity contribution in [2.75, 3.05) is 38.1 Å². The van der Waals surface area contributed by atoms with Crippen molar-refractivity contribution in [3.05, 3.63) is 59.5 Å². The van der Waals surface area contributed by atoms with Gasteiger partial charge in [-0.3, -0.25) is 0 Å². The number of anilines is 1. The Morgan fingerprint density at radius 3 is 2.76 bits per heavy atom. The fourth-order valence-corrected chi connectivity index (χ4v) is 4.01. The molecular formula is C23H26N4O2. The monoisotopic (exact) mass is 390 g/mol. The molecule has 3 aromatic rings. The lowest BCUT2D eigenvalue weighted by molar-refractivity contribution is 0.0318. The highest BCUT2D eigenvalue weighted by atomic mass is 16.6. The minimum absolute atomic E-state index is 0.687. The van der Waals surface area contributed by atoms with Gasteiger partial charge in [0.2, 0.25) is 6.29 Å². The van der Waals surface area contributed by atoms with E-state index in [0.717, 1.165) is 60.9 Å². The standard InChI is InChI=1S/C23H26N4O2/c1-3-16-6-7-27-15-20(24-22(27)12-16)19-13-17-4-5-18(14-21(17)29-23(19)28)26-10-8-25(2)9-11-26/h4-7,12-15,23,28H,3,8-11H2,1-2H3. The number of benzene rings is 1. The number of rotatable bonds is 3. The van der Waals surface area contributed by atoms with Crippen LogP contribution in [0.25, 0.3) is 17.3 Å². The van der Waals surface area contributed by atoms with Crippen molar-refractivity contribution >= 4 is 23.0 Å². The third kappa shape index (κ3) is 3.39. The Balaban J connectivity index is 1.46. The Bertz CT molecular complexity index is 1080. The van der Waals surface area contributed by atoms with Gasteiger partial charge in [-0.05, 0) is 49.4 Å². The summed E-state index contributed by atoms with van der Waals surface area (Å²) in [6.45, 7) is 6.24. The van der Waals surface area contributed by atoms with E-state index in [1.165, 1.54) is 5.56 Å². The number of pyridine rings is 1. The molecule has 1 N–H and O–H groups in total. The highest BCUT2D eigenvalue weighted by molar-refractivity contribution is 5.86. The Morgan fingerprint density at radius 2 is 1.97 bits per heavy atom. The van der Waals surface area contributed by atoms with Crippen LogP contribution in [0.15, 0.2) is 42.7 Å². The molecule has 1 aromatic carbocycles. The van der Waals surface area contributed by atoms with Gasteiger partial charge < -0.3 is 24.0 Å². The second kappa shape index (κ2) is 7.21. The Labute approximate surface area is 170 Å². The summed E-state index contributed by atoms with van der Waals surface area (Å²) in [4.78, 5) is 9.41. The predicted octanol–water partition coefficient (Wildman–Crippen LogP) is 2.90. The summed E-state index contributed by atoms with van der Waals surface area (Å²) in [7, 11) is 2.15. The smallest absolute Gasteiger partial charge is 0.226 e. The van der Waals surface area contributed by atoms with Gasteiger partial charge in [0, 0.05) is 61.5 Å². The molecule has 2 aliphatic rings. The maximum absolute atomic E-state index is 10.7. The van der Waals surface area contributed by atoms with Crippen molar-refractivity contribution in [1.29, 1.82) is 0 Å². The first kappa shape index (κ1) is 18.2. The van der Waals surface area contributed by atoms with Crippen molar-refractivity contribution in [2.45, 2.75) is 19.6 Å². The summed E-state index contributed by atoms with van der Waals surface area (Å²) >= 11 is 0. The molecule has 1 saturated heterocycles. The zero-order valence-electron chi connectivity index (χ0n) is 16.9. The molecule has 1 fully saturated rings. The number of aryl methyl sites for hydroxylation is 1. The number of likely N-dealkylation sites (N-methyl/N-ethyl adjacent to an activating group) is 1. The molecular weight excluding hydrogens is 364 g/mol. The Morgan fingerprint density at radius 1 is 1.14 bits per heavy atom. The summed E-state index contributed by atoms with van der Waals surface area (Å²) in [6.07, 6.45) is 5.88. The number of ether oxygens (including phenoxy) is 1. The number of hydrogen-bond acceptors (Lipinski definition) is 5. The largest absolute Gasteiger partial charge is 0.460 e. The Kier molecular flexibility index (Phi) is 4.53. The number of piperazine rings is 1. The normalized spacial score (nSPS) is 19.8. The van der Waals surface area contributed by atoms with Crippen LogP contribution in [0.3, 0.4) is 0 Å². The molecule has 29 heavy (non-hydrogen) atoms. The molecule has 0 aliphatic carbocycles. The van der Waals surface area contributed by atoms with Gasteiger partial charge in [0.05, 0.1) is 5.69 Å². The average molecular weight is 390 g/mol. The van der Waals surface area contributed by atoms with E-state index in [0.29, 0.717) is 5.57 Å². The predicted molar refractivity (Wildman–Crippen MR) is 115 cm³/mol. The second-order valence-electron chi connectivity index (χ2n) is 7.86. The molecule has 5 rings (SSSR count). The van der Waals surface area contributed by atoms with Gasteiger partial charge in [0.15, 0.2) is 0 Å². The van der Waals surface area contributed by atoms with E-state index < -0.39 is 6.29 Å². The van der Waals surface area contributed by atoms with E-state index >= 15 is 0 Å². The topological polar surface area (TPSA) is 53.2 Å². The molecule has 150 valence electrons. The molecule has 0 bridgehead atoms. The molecule has 6 heteroatoms. The number of imidazole rings is 1.